The van der Waals surface area contributed by atoms with Crippen LogP contribution in [0.1, 0.15) is 5.69 Å². The molecule has 0 atom stereocenters. The fourth-order valence-corrected chi connectivity index (χ4v) is 2.27. The second kappa shape index (κ2) is 7.82. The Balaban J connectivity index is 0.00000220. The van der Waals surface area contributed by atoms with Gasteiger partial charge < -0.3 is 16.8 Å². The zero-order chi connectivity index (χ0) is 14.5. The molecule has 1 aromatic carbocycles. The van der Waals surface area contributed by atoms with Crippen molar-refractivity contribution in [1.29, 1.82) is 0 Å². The number of rotatable bonds is 4. The Bertz CT molecular complexity index is 637. The molecule has 0 spiro atoms. The number of guanidine groups is 1. The van der Waals surface area contributed by atoms with Crippen molar-refractivity contribution in [2.24, 2.45) is 16.5 Å². The summed E-state index contributed by atoms with van der Waals surface area (Å²) in [6.07, 6.45) is 0.152. The van der Waals surface area contributed by atoms with Crippen LogP contribution in [0.25, 0.3) is 0 Å². The van der Waals surface area contributed by atoms with Gasteiger partial charge in [-0.25, -0.2) is 4.98 Å². The standard InChI is InChI=1S/C12H12ClN5OS.ClH/c13-7-1-3-8(4-2-7)16-10(19)5-9-6-20-12(17-9)18-11(14)15;/h1-4,6H,5H2,(H,16,19)(H4,14,15,17,18);1H. The van der Waals surface area contributed by atoms with Gasteiger partial charge in [-0.3, -0.25) is 4.79 Å². The number of nitrogens with two attached hydrogens (primary N) is 2. The van der Waals surface area contributed by atoms with Crippen LogP contribution in [0.2, 0.25) is 5.02 Å². The molecule has 1 heterocycles. The molecule has 0 aliphatic heterocycles. The van der Waals surface area contributed by atoms with E-state index in [-0.39, 0.29) is 30.7 Å². The highest BCUT2D eigenvalue weighted by Crippen LogP contribution is 2.19. The number of aliphatic imine (C=N–C) groups is 1. The first-order valence-electron chi connectivity index (χ1n) is 5.62. The molecule has 0 aliphatic rings. The maximum absolute atomic E-state index is 11.8. The van der Waals surface area contributed by atoms with E-state index in [1.54, 1.807) is 29.6 Å². The summed E-state index contributed by atoms with van der Waals surface area (Å²) in [6.45, 7) is 0. The van der Waals surface area contributed by atoms with Crippen molar-refractivity contribution in [3.05, 3.63) is 40.4 Å². The number of amides is 1. The van der Waals surface area contributed by atoms with E-state index >= 15 is 0 Å². The van der Waals surface area contributed by atoms with E-state index in [2.05, 4.69) is 15.3 Å². The Morgan fingerprint density at radius 2 is 2.00 bits per heavy atom. The monoisotopic (exact) mass is 345 g/mol. The quantitative estimate of drug-likeness (QED) is 0.583. The first-order chi connectivity index (χ1) is 9.52. The van der Waals surface area contributed by atoms with Gasteiger partial charge in [-0.05, 0) is 24.3 Å². The third-order valence-corrected chi connectivity index (χ3v) is 3.27. The Labute approximate surface area is 136 Å². The highest BCUT2D eigenvalue weighted by atomic mass is 35.5. The average Bonchev–Trinajstić information content (AvgIpc) is 2.78. The Morgan fingerprint density at radius 3 is 2.62 bits per heavy atom. The number of halogens is 2. The van der Waals surface area contributed by atoms with Crippen molar-refractivity contribution in [3.8, 4) is 0 Å². The molecule has 0 bridgehead atoms. The van der Waals surface area contributed by atoms with Crippen LogP contribution in [-0.2, 0) is 11.2 Å². The topological polar surface area (TPSA) is 106 Å². The molecule has 5 N–H and O–H groups in total. The highest BCUT2D eigenvalue weighted by Gasteiger charge is 2.08. The van der Waals surface area contributed by atoms with Crippen molar-refractivity contribution in [2.45, 2.75) is 6.42 Å². The van der Waals surface area contributed by atoms with Crippen LogP contribution < -0.4 is 16.8 Å². The number of thiazole rings is 1. The second-order valence-electron chi connectivity index (χ2n) is 3.89. The minimum absolute atomic E-state index is 0. The summed E-state index contributed by atoms with van der Waals surface area (Å²) in [7, 11) is 0. The first-order valence-corrected chi connectivity index (χ1v) is 6.88. The van der Waals surface area contributed by atoms with E-state index in [9.17, 15) is 4.79 Å². The van der Waals surface area contributed by atoms with Gasteiger partial charge in [0.1, 0.15) is 0 Å². The fraction of sp³-hybridized carbons (Fsp3) is 0.0833. The molecule has 0 aliphatic carbocycles. The van der Waals surface area contributed by atoms with Gasteiger partial charge in [0.05, 0.1) is 12.1 Å². The number of carbonyl (C=O) groups excluding carboxylic acids is 1. The minimum atomic E-state index is -0.172. The molecule has 2 rings (SSSR count). The predicted molar refractivity (Wildman–Crippen MR) is 88.6 cm³/mol. The average molecular weight is 346 g/mol. The summed E-state index contributed by atoms with van der Waals surface area (Å²) in [5.74, 6) is -0.231. The summed E-state index contributed by atoms with van der Waals surface area (Å²) in [5, 5.41) is 5.53. The van der Waals surface area contributed by atoms with Crippen molar-refractivity contribution in [3.63, 3.8) is 0 Å². The molecule has 2 aromatic rings. The van der Waals surface area contributed by atoms with E-state index in [1.807, 2.05) is 0 Å². The predicted octanol–water partition coefficient (Wildman–Crippen LogP) is 2.30. The van der Waals surface area contributed by atoms with Gasteiger partial charge in [0.15, 0.2) is 5.96 Å². The Morgan fingerprint density at radius 1 is 1.33 bits per heavy atom. The van der Waals surface area contributed by atoms with Crippen LogP contribution in [0, 0.1) is 0 Å². The van der Waals surface area contributed by atoms with E-state index in [0.717, 1.165) is 0 Å². The van der Waals surface area contributed by atoms with Crippen molar-refractivity contribution in [1.82, 2.24) is 4.98 Å². The second-order valence-corrected chi connectivity index (χ2v) is 5.16. The molecule has 0 saturated carbocycles. The molecular weight excluding hydrogens is 333 g/mol. The van der Waals surface area contributed by atoms with Gasteiger partial charge in [-0.1, -0.05) is 11.6 Å². The molecule has 9 heteroatoms. The molecule has 1 amide bonds. The zero-order valence-corrected chi connectivity index (χ0v) is 13.1. The molecule has 0 unspecified atom stereocenters. The maximum atomic E-state index is 11.8. The number of benzene rings is 1. The normalized spacial score (nSPS) is 9.57. The third-order valence-electron chi connectivity index (χ3n) is 2.23. The van der Waals surface area contributed by atoms with Crippen molar-refractivity contribution in [2.75, 3.05) is 5.32 Å². The number of anilines is 1. The summed E-state index contributed by atoms with van der Waals surface area (Å²) in [6, 6.07) is 6.87. The highest BCUT2D eigenvalue weighted by molar-refractivity contribution is 7.13. The number of nitrogens with one attached hydrogen (secondary N) is 1. The molecule has 21 heavy (non-hydrogen) atoms. The molecule has 112 valence electrons. The summed E-state index contributed by atoms with van der Waals surface area (Å²) in [4.78, 5) is 19.8. The van der Waals surface area contributed by atoms with Crippen molar-refractivity contribution < 1.29 is 4.79 Å². The first kappa shape index (κ1) is 17.2. The van der Waals surface area contributed by atoms with Crippen LogP contribution >= 0.6 is 35.3 Å². The smallest absolute Gasteiger partial charge is 0.230 e. The van der Waals surface area contributed by atoms with E-state index < -0.39 is 0 Å². The van der Waals surface area contributed by atoms with Gasteiger partial charge in [-0.2, -0.15) is 4.99 Å². The SMILES string of the molecule is Cl.NC(N)=Nc1nc(CC(=O)Nc2ccc(Cl)cc2)cs1. The molecule has 6 nitrogen and oxygen atoms in total. The van der Waals surface area contributed by atoms with Gasteiger partial charge in [0.25, 0.3) is 0 Å². The Hall–Kier alpha value is -1.83. The van der Waals surface area contributed by atoms with Crippen LogP contribution in [0.15, 0.2) is 34.6 Å². The molecule has 1 aromatic heterocycles. The lowest BCUT2D eigenvalue weighted by atomic mass is 10.3. The number of carbonyl (C=O) groups is 1. The Kier molecular flexibility index (Phi) is 6.41. The van der Waals surface area contributed by atoms with Gasteiger partial charge >= 0.3 is 0 Å². The van der Waals surface area contributed by atoms with Gasteiger partial charge in [-0.15, -0.1) is 23.7 Å². The summed E-state index contributed by atoms with van der Waals surface area (Å²) < 4.78 is 0. The minimum Gasteiger partial charge on any atom is -0.370 e. The van der Waals surface area contributed by atoms with Crippen LogP contribution in [0.4, 0.5) is 10.8 Å². The number of nitrogens with zero attached hydrogens (tertiary/aromatic N) is 2. The van der Waals surface area contributed by atoms with Gasteiger partial charge in [0, 0.05) is 16.1 Å². The molecular formula is C12H13Cl2N5OS. The number of hydrogen-bond acceptors (Lipinski definition) is 4. The molecule has 0 fully saturated rings. The molecule has 0 radical (unpaired) electrons. The van der Waals surface area contributed by atoms with E-state index in [1.165, 1.54) is 11.3 Å². The van der Waals surface area contributed by atoms with E-state index in [0.29, 0.717) is 21.5 Å². The van der Waals surface area contributed by atoms with E-state index in [4.69, 9.17) is 23.1 Å². The summed E-state index contributed by atoms with van der Waals surface area (Å²) >= 11 is 7.04. The lowest BCUT2D eigenvalue weighted by Crippen LogP contribution is -2.21. The maximum Gasteiger partial charge on any atom is 0.230 e. The lowest BCUT2D eigenvalue weighted by Gasteiger charge is -2.03. The summed E-state index contributed by atoms with van der Waals surface area (Å²) in [5.41, 5.74) is 11.8. The van der Waals surface area contributed by atoms with Crippen LogP contribution in [0.5, 0.6) is 0 Å². The van der Waals surface area contributed by atoms with Gasteiger partial charge in [0.2, 0.25) is 11.0 Å². The lowest BCUT2D eigenvalue weighted by molar-refractivity contribution is -0.115. The number of hydrogen-bond donors (Lipinski definition) is 3. The van der Waals surface area contributed by atoms with Crippen molar-refractivity contribution >= 4 is 58.0 Å². The zero-order valence-electron chi connectivity index (χ0n) is 10.7. The fourth-order valence-electron chi connectivity index (χ4n) is 1.44. The molecule has 0 saturated heterocycles. The third kappa shape index (κ3) is 5.58. The number of aromatic nitrogens is 1. The van der Waals surface area contributed by atoms with Crippen LogP contribution in [-0.4, -0.2) is 16.9 Å². The largest absolute Gasteiger partial charge is 0.370 e. The van der Waals surface area contributed by atoms with Crippen LogP contribution in [0.3, 0.4) is 0 Å².